The molecule has 0 aliphatic heterocycles. The number of hydrogen-bond donors (Lipinski definition) is 1. The highest BCUT2D eigenvalue weighted by Crippen LogP contribution is 2.24. The lowest BCUT2D eigenvalue weighted by molar-refractivity contribution is 0.274. The molecule has 0 spiro atoms. The zero-order chi connectivity index (χ0) is 12.3. The summed E-state index contributed by atoms with van der Waals surface area (Å²) in [6.45, 7) is 3.88. The van der Waals surface area contributed by atoms with Gasteiger partial charge in [0.05, 0.1) is 12.2 Å². The number of aliphatic hydroxyl groups is 1. The molecule has 0 fully saturated rings. The van der Waals surface area contributed by atoms with Gasteiger partial charge in [0.15, 0.2) is 0 Å². The van der Waals surface area contributed by atoms with Gasteiger partial charge >= 0.3 is 0 Å². The van der Waals surface area contributed by atoms with Crippen molar-refractivity contribution in [2.24, 2.45) is 0 Å². The first-order chi connectivity index (χ1) is 8.19. The maximum absolute atomic E-state index is 9.15. The van der Waals surface area contributed by atoms with E-state index in [2.05, 4.69) is 16.0 Å². The van der Waals surface area contributed by atoms with Crippen LogP contribution in [-0.2, 0) is 6.61 Å². The summed E-state index contributed by atoms with van der Waals surface area (Å²) in [6.07, 6.45) is 2.95. The van der Waals surface area contributed by atoms with Crippen molar-refractivity contribution in [2.45, 2.75) is 20.5 Å². The van der Waals surface area contributed by atoms with Crippen LogP contribution in [0.5, 0.6) is 11.6 Å². The lowest BCUT2D eigenvalue weighted by atomic mass is 10.1. The van der Waals surface area contributed by atoms with Gasteiger partial charge in [-0.2, -0.15) is 0 Å². The first kappa shape index (κ1) is 11.5. The van der Waals surface area contributed by atoms with Crippen molar-refractivity contribution in [2.75, 3.05) is 0 Å². The molecule has 0 saturated heterocycles. The molecule has 0 aliphatic rings. The van der Waals surface area contributed by atoms with Crippen LogP contribution in [0.4, 0.5) is 0 Å². The number of hydrogen-bond acceptors (Lipinski definition) is 4. The third-order valence-electron chi connectivity index (χ3n) is 2.33. The minimum atomic E-state index is -0.138. The lowest BCUT2D eigenvalue weighted by Gasteiger charge is -2.09. The minimum Gasteiger partial charge on any atom is -0.439 e. The molecule has 0 bridgehead atoms. The third kappa shape index (κ3) is 2.79. The van der Waals surface area contributed by atoms with Crippen LogP contribution in [0.15, 0.2) is 30.7 Å². The Balaban J connectivity index is 2.31. The molecule has 2 rings (SSSR count). The van der Waals surface area contributed by atoms with Crippen LogP contribution >= 0.6 is 0 Å². The van der Waals surface area contributed by atoms with Crippen LogP contribution in [0.1, 0.15) is 16.7 Å². The first-order valence-electron chi connectivity index (χ1n) is 5.35. The molecule has 0 amide bonds. The largest absolute Gasteiger partial charge is 0.439 e. The highest BCUT2D eigenvalue weighted by molar-refractivity contribution is 5.36. The van der Waals surface area contributed by atoms with Crippen LogP contribution in [-0.4, -0.2) is 15.1 Å². The van der Waals surface area contributed by atoms with Crippen molar-refractivity contribution in [3.63, 3.8) is 0 Å². The fourth-order valence-electron chi connectivity index (χ4n) is 1.65. The zero-order valence-electron chi connectivity index (χ0n) is 9.84. The van der Waals surface area contributed by atoms with Gasteiger partial charge in [-0.3, -0.25) is 0 Å². The topological polar surface area (TPSA) is 55.2 Å². The molecular weight excluding hydrogens is 216 g/mol. The van der Waals surface area contributed by atoms with Gasteiger partial charge in [-0.05, 0) is 37.1 Å². The van der Waals surface area contributed by atoms with Crippen molar-refractivity contribution in [1.29, 1.82) is 0 Å². The van der Waals surface area contributed by atoms with Gasteiger partial charge in [0.1, 0.15) is 12.1 Å². The minimum absolute atomic E-state index is 0.138. The van der Waals surface area contributed by atoms with Crippen LogP contribution < -0.4 is 4.74 Å². The van der Waals surface area contributed by atoms with E-state index >= 15 is 0 Å². The summed E-state index contributed by atoms with van der Waals surface area (Å²) in [5.74, 6) is 1.11. The van der Waals surface area contributed by atoms with E-state index in [-0.39, 0.29) is 6.61 Å². The second kappa shape index (κ2) is 4.93. The Kier molecular flexibility index (Phi) is 3.35. The van der Waals surface area contributed by atoms with E-state index < -0.39 is 0 Å². The van der Waals surface area contributed by atoms with E-state index in [0.717, 1.165) is 16.9 Å². The second-order valence-corrected chi connectivity index (χ2v) is 3.94. The van der Waals surface area contributed by atoms with E-state index in [1.807, 2.05) is 26.0 Å². The number of rotatable bonds is 3. The average molecular weight is 230 g/mol. The first-order valence-corrected chi connectivity index (χ1v) is 5.35. The number of ether oxygens (including phenoxy) is 1. The Morgan fingerprint density at radius 2 is 1.88 bits per heavy atom. The Bertz CT molecular complexity index is 506. The molecule has 17 heavy (non-hydrogen) atoms. The number of aliphatic hydroxyl groups excluding tert-OH is 1. The SMILES string of the molecule is Cc1cc(C)cc(Oc2ncncc2CO)c1. The van der Waals surface area contributed by atoms with Crippen LogP contribution in [0.2, 0.25) is 0 Å². The third-order valence-corrected chi connectivity index (χ3v) is 2.33. The summed E-state index contributed by atoms with van der Waals surface area (Å²) in [6, 6.07) is 5.92. The molecule has 4 nitrogen and oxygen atoms in total. The Labute approximate surface area is 99.9 Å². The molecule has 0 unspecified atom stereocenters. The predicted molar refractivity (Wildman–Crippen MR) is 63.9 cm³/mol. The van der Waals surface area contributed by atoms with Gasteiger partial charge in [-0.1, -0.05) is 6.07 Å². The van der Waals surface area contributed by atoms with Crippen molar-refractivity contribution in [1.82, 2.24) is 9.97 Å². The summed E-state index contributed by atoms with van der Waals surface area (Å²) >= 11 is 0. The average Bonchev–Trinajstić information content (AvgIpc) is 2.28. The Morgan fingerprint density at radius 1 is 1.18 bits per heavy atom. The summed E-state index contributed by atoms with van der Waals surface area (Å²) in [4.78, 5) is 7.85. The monoisotopic (exact) mass is 230 g/mol. The molecule has 0 saturated carbocycles. The van der Waals surface area contributed by atoms with E-state index in [1.165, 1.54) is 6.33 Å². The Hall–Kier alpha value is -1.94. The molecule has 1 aromatic heterocycles. The summed E-state index contributed by atoms with van der Waals surface area (Å²) < 4.78 is 5.65. The lowest BCUT2D eigenvalue weighted by Crippen LogP contribution is -1.96. The quantitative estimate of drug-likeness (QED) is 0.879. The predicted octanol–water partition coefficient (Wildman–Crippen LogP) is 2.38. The standard InChI is InChI=1S/C13H14N2O2/c1-9-3-10(2)5-12(4-9)17-13-11(7-16)6-14-8-15-13/h3-6,8,16H,7H2,1-2H3. The fourth-order valence-corrected chi connectivity index (χ4v) is 1.65. The second-order valence-electron chi connectivity index (χ2n) is 3.94. The van der Waals surface area contributed by atoms with Gasteiger partial charge in [0.2, 0.25) is 5.88 Å². The summed E-state index contributed by atoms with van der Waals surface area (Å²) in [5.41, 5.74) is 2.82. The molecule has 0 radical (unpaired) electrons. The van der Waals surface area contributed by atoms with E-state index in [9.17, 15) is 0 Å². The smallest absolute Gasteiger partial charge is 0.227 e. The van der Waals surface area contributed by atoms with Gasteiger partial charge in [-0.15, -0.1) is 0 Å². The van der Waals surface area contributed by atoms with E-state index in [4.69, 9.17) is 9.84 Å². The van der Waals surface area contributed by atoms with Crippen LogP contribution in [0.25, 0.3) is 0 Å². The zero-order valence-corrected chi connectivity index (χ0v) is 9.84. The van der Waals surface area contributed by atoms with E-state index in [1.54, 1.807) is 6.20 Å². The summed E-state index contributed by atoms with van der Waals surface area (Å²) in [5, 5.41) is 9.15. The molecule has 1 heterocycles. The fraction of sp³-hybridized carbons (Fsp3) is 0.231. The van der Waals surface area contributed by atoms with Crippen molar-refractivity contribution >= 4 is 0 Å². The van der Waals surface area contributed by atoms with Crippen LogP contribution in [0.3, 0.4) is 0 Å². The van der Waals surface area contributed by atoms with Crippen molar-refractivity contribution < 1.29 is 9.84 Å². The molecule has 4 heteroatoms. The van der Waals surface area contributed by atoms with Gasteiger partial charge in [0.25, 0.3) is 0 Å². The maximum atomic E-state index is 9.15. The highest BCUT2D eigenvalue weighted by Gasteiger charge is 2.06. The number of benzene rings is 1. The van der Waals surface area contributed by atoms with Crippen molar-refractivity contribution in [3.05, 3.63) is 47.4 Å². The Morgan fingerprint density at radius 3 is 2.53 bits per heavy atom. The van der Waals surface area contributed by atoms with E-state index in [0.29, 0.717) is 11.4 Å². The highest BCUT2D eigenvalue weighted by atomic mass is 16.5. The molecule has 0 atom stereocenters. The van der Waals surface area contributed by atoms with Gasteiger partial charge in [0, 0.05) is 6.20 Å². The normalized spacial score (nSPS) is 10.3. The molecular formula is C13H14N2O2. The van der Waals surface area contributed by atoms with Gasteiger partial charge < -0.3 is 9.84 Å². The molecule has 1 N–H and O–H groups in total. The molecule has 88 valence electrons. The van der Waals surface area contributed by atoms with Gasteiger partial charge in [-0.25, -0.2) is 9.97 Å². The number of aromatic nitrogens is 2. The maximum Gasteiger partial charge on any atom is 0.227 e. The molecule has 1 aromatic carbocycles. The summed E-state index contributed by atoms with van der Waals surface area (Å²) in [7, 11) is 0. The van der Waals surface area contributed by atoms with Crippen molar-refractivity contribution in [3.8, 4) is 11.6 Å². The van der Waals surface area contributed by atoms with Crippen LogP contribution in [0, 0.1) is 13.8 Å². The number of aryl methyl sites for hydroxylation is 2. The molecule has 2 aromatic rings. The number of nitrogens with zero attached hydrogens (tertiary/aromatic N) is 2. The molecule has 0 aliphatic carbocycles.